The average Bonchev–Trinajstić information content (AvgIpc) is 2.78. The molecule has 33 heavy (non-hydrogen) atoms. The van der Waals surface area contributed by atoms with Crippen LogP contribution in [0, 0.1) is 11.3 Å². The SMILES string of the molecule is CCCC(C)(OC)c1cc(Oc2cccc(OC(C)(CC)C(C)N)c2C#N)cc(C(=O)O)c1. The summed E-state index contributed by atoms with van der Waals surface area (Å²) >= 11 is 0. The first-order valence-corrected chi connectivity index (χ1v) is 11.1. The van der Waals surface area contributed by atoms with Gasteiger partial charge in [-0.15, -0.1) is 0 Å². The zero-order valence-corrected chi connectivity index (χ0v) is 20.3. The van der Waals surface area contributed by atoms with Gasteiger partial charge in [-0.25, -0.2) is 4.79 Å². The van der Waals surface area contributed by atoms with E-state index in [9.17, 15) is 15.2 Å². The molecule has 2 aromatic carbocycles. The molecule has 3 atom stereocenters. The Morgan fingerprint density at radius 3 is 2.39 bits per heavy atom. The van der Waals surface area contributed by atoms with Gasteiger partial charge in [0.2, 0.25) is 0 Å². The molecule has 0 amide bonds. The highest BCUT2D eigenvalue weighted by Gasteiger charge is 2.31. The number of benzene rings is 2. The topological polar surface area (TPSA) is 115 Å². The molecular weight excluding hydrogens is 420 g/mol. The van der Waals surface area contributed by atoms with E-state index in [1.165, 1.54) is 6.07 Å². The van der Waals surface area contributed by atoms with E-state index in [0.29, 0.717) is 29.9 Å². The van der Waals surface area contributed by atoms with Gasteiger partial charge < -0.3 is 25.1 Å². The van der Waals surface area contributed by atoms with Gasteiger partial charge in [-0.2, -0.15) is 5.26 Å². The van der Waals surface area contributed by atoms with E-state index in [1.807, 2.05) is 34.6 Å². The Kier molecular flexibility index (Phi) is 8.48. The van der Waals surface area contributed by atoms with E-state index in [2.05, 4.69) is 6.07 Å². The molecule has 0 radical (unpaired) electrons. The first kappa shape index (κ1) is 26.2. The summed E-state index contributed by atoms with van der Waals surface area (Å²) in [5.74, 6) is -0.159. The quantitative estimate of drug-likeness (QED) is 0.454. The lowest BCUT2D eigenvalue weighted by atomic mass is 9.89. The number of carbonyl (C=O) groups is 1. The zero-order chi connectivity index (χ0) is 24.8. The third-order valence-electron chi connectivity index (χ3n) is 6.28. The van der Waals surface area contributed by atoms with Crippen molar-refractivity contribution in [2.75, 3.05) is 7.11 Å². The first-order chi connectivity index (χ1) is 15.5. The van der Waals surface area contributed by atoms with Crippen LogP contribution in [0.4, 0.5) is 0 Å². The molecular formula is C26H34N2O5. The highest BCUT2D eigenvalue weighted by molar-refractivity contribution is 5.88. The van der Waals surface area contributed by atoms with Crippen molar-refractivity contribution < 1.29 is 24.1 Å². The van der Waals surface area contributed by atoms with Crippen LogP contribution in [-0.4, -0.2) is 29.8 Å². The van der Waals surface area contributed by atoms with Gasteiger partial charge >= 0.3 is 5.97 Å². The summed E-state index contributed by atoms with van der Waals surface area (Å²) in [5.41, 5.74) is 5.74. The molecule has 0 aliphatic heterocycles. The van der Waals surface area contributed by atoms with Crippen LogP contribution >= 0.6 is 0 Å². The minimum absolute atomic E-state index is 0.0725. The van der Waals surface area contributed by atoms with Crippen LogP contribution in [0.25, 0.3) is 0 Å². The minimum Gasteiger partial charge on any atom is -0.484 e. The maximum absolute atomic E-state index is 11.8. The molecule has 3 unspecified atom stereocenters. The summed E-state index contributed by atoms with van der Waals surface area (Å²) in [5, 5.41) is 19.5. The predicted octanol–water partition coefficient (Wildman–Crippen LogP) is 5.61. The van der Waals surface area contributed by atoms with Crippen LogP contribution in [0.15, 0.2) is 36.4 Å². The average molecular weight is 455 g/mol. The van der Waals surface area contributed by atoms with Gasteiger partial charge in [-0.05, 0) is 69.5 Å². The van der Waals surface area contributed by atoms with Gasteiger partial charge in [-0.3, -0.25) is 0 Å². The third kappa shape index (κ3) is 5.84. The molecule has 2 aromatic rings. The van der Waals surface area contributed by atoms with E-state index < -0.39 is 17.2 Å². The van der Waals surface area contributed by atoms with E-state index in [-0.39, 0.29) is 22.9 Å². The number of hydrogen-bond donors (Lipinski definition) is 2. The van der Waals surface area contributed by atoms with Crippen molar-refractivity contribution >= 4 is 5.97 Å². The van der Waals surface area contributed by atoms with E-state index in [4.69, 9.17) is 19.9 Å². The van der Waals surface area contributed by atoms with Crippen LogP contribution < -0.4 is 15.2 Å². The standard InChI is InChI=1S/C26H34N2O5/c1-7-12-26(5,31-6)19-13-18(24(29)30)14-20(15-19)32-22-10-9-11-23(21(22)16-27)33-25(4,8-2)17(3)28/h9-11,13-15,17H,7-8,12,28H2,1-6H3,(H,29,30). The molecule has 0 bridgehead atoms. The van der Waals surface area contributed by atoms with Crippen molar-refractivity contribution in [3.8, 4) is 23.3 Å². The number of carboxylic acids is 1. The second-order valence-corrected chi connectivity index (χ2v) is 8.64. The van der Waals surface area contributed by atoms with E-state index in [1.54, 1.807) is 37.4 Å². The lowest BCUT2D eigenvalue weighted by Crippen LogP contribution is -2.47. The second kappa shape index (κ2) is 10.7. The smallest absolute Gasteiger partial charge is 0.335 e. The zero-order valence-electron chi connectivity index (χ0n) is 20.3. The van der Waals surface area contributed by atoms with Crippen molar-refractivity contribution in [1.82, 2.24) is 0 Å². The fourth-order valence-corrected chi connectivity index (χ4v) is 3.58. The molecule has 0 aliphatic rings. The van der Waals surface area contributed by atoms with Crippen molar-refractivity contribution in [2.24, 2.45) is 5.73 Å². The number of rotatable bonds is 11. The van der Waals surface area contributed by atoms with Gasteiger partial charge in [-0.1, -0.05) is 26.3 Å². The number of carboxylic acid groups (broad SMARTS) is 1. The van der Waals surface area contributed by atoms with Crippen LogP contribution in [0.3, 0.4) is 0 Å². The Balaban J connectivity index is 2.55. The lowest BCUT2D eigenvalue weighted by molar-refractivity contribution is -0.00628. The maximum Gasteiger partial charge on any atom is 0.335 e. The highest BCUT2D eigenvalue weighted by atomic mass is 16.5. The monoisotopic (exact) mass is 454 g/mol. The van der Waals surface area contributed by atoms with Crippen molar-refractivity contribution in [3.63, 3.8) is 0 Å². The lowest BCUT2D eigenvalue weighted by Gasteiger charge is -2.33. The first-order valence-electron chi connectivity index (χ1n) is 11.1. The van der Waals surface area contributed by atoms with Crippen LogP contribution in [0.1, 0.15) is 75.4 Å². The molecule has 7 heteroatoms. The molecule has 7 nitrogen and oxygen atoms in total. The number of methoxy groups -OCH3 is 1. The molecule has 0 saturated heterocycles. The summed E-state index contributed by atoms with van der Waals surface area (Å²) in [6.45, 7) is 9.67. The van der Waals surface area contributed by atoms with E-state index in [0.717, 1.165) is 6.42 Å². The van der Waals surface area contributed by atoms with Gasteiger partial charge in [0.05, 0.1) is 11.2 Å². The van der Waals surface area contributed by atoms with Crippen LogP contribution in [-0.2, 0) is 10.3 Å². The second-order valence-electron chi connectivity index (χ2n) is 8.64. The van der Waals surface area contributed by atoms with Crippen molar-refractivity contribution in [1.29, 1.82) is 5.26 Å². The van der Waals surface area contributed by atoms with Crippen molar-refractivity contribution in [3.05, 3.63) is 53.1 Å². The minimum atomic E-state index is -1.08. The van der Waals surface area contributed by atoms with Crippen LogP contribution in [0.5, 0.6) is 17.2 Å². The van der Waals surface area contributed by atoms with Gasteiger partial charge in [0.15, 0.2) is 0 Å². The number of ether oxygens (including phenoxy) is 3. The largest absolute Gasteiger partial charge is 0.484 e. The highest BCUT2D eigenvalue weighted by Crippen LogP contribution is 2.37. The summed E-state index contributed by atoms with van der Waals surface area (Å²) in [6, 6.07) is 11.7. The van der Waals surface area contributed by atoms with Crippen molar-refractivity contribution in [2.45, 2.75) is 71.1 Å². The fourth-order valence-electron chi connectivity index (χ4n) is 3.58. The molecule has 178 valence electrons. The Bertz CT molecular complexity index is 1030. The number of aromatic carboxylic acids is 1. The Hall–Kier alpha value is -3.08. The Morgan fingerprint density at radius 2 is 1.88 bits per heavy atom. The molecule has 0 saturated carbocycles. The maximum atomic E-state index is 11.8. The molecule has 0 heterocycles. The predicted molar refractivity (Wildman–Crippen MR) is 127 cm³/mol. The Morgan fingerprint density at radius 1 is 1.21 bits per heavy atom. The van der Waals surface area contributed by atoms with Gasteiger partial charge in [0.25, 0.3) is 0 Å². The van der Waals surface area contributed by atoms with Crippen LogP contribution in [0.2, 0.25) is 0 Å². The van der Waals surface area contributed by atoms with Gasteiger partial charge in [0.1, 0.15) is 34.5 Å². The molecule has 0 aromatic heterocycles. The number of nitrogens with zero attached hydrogens (tertiary/aromatic N) is 1. The number of nitrogens with two attached hydrogens (primary N) is 1. The summed E-state index contributed by atoms with van der Waals surface area (Å²) in [6.07, 6.45) is 2.20. The third-order valence-corrected chi connectivity index (χ3v) is 6.28. The molecule has 0 fully saturated rings. The summed E-state index contributed by atoms with van der Waals surface area (Å²) in [7, 11) is 1.60. The van der Waals surface area contributed by atoms with Gasteiger partial charge in [0, 0.05) is 13.2 Å². The number of nitriles is 1. The molecule has 0 aliphatic carbocycles. The fraction of sp³-hybridized carbons (Fsp3) is 0.462. The normalized spacial score (nSPS) is 15.6. The summed E-state index contributed by atoms with van der Waals surface area (Å²) < 4.78 is 17.9. The Labute approximate surface area is 196 Å². The number of hydrogen-bond acceptors (Lipinski definition) is 6. The summed E-state index contributed by atoms with van der Waals surface area (Å²) in [4.78, 5) is 11.8. The molecule has 3 N–H and O–H groups in total. The molecule has 2 rings (SSSR count). The van der Waals surface area contributed by atoms with E-state index >= 15 is 0 Å². The molecule has 0 spiro atoms.